The number of amides is 2. The van der Waals surface area contributed by atoms with Crippen LogP contribution in [0.5, 0.6) is 5.75 Å². The molecular formula is C19H20N4O4. The molecule has 0 bridgehead atoms. The van der Waals surface area contributed by atoms with Crippen molar-refractivity contribution in [3.63, 3.8) is 0 Å². The third kappa shape index (κ3) is 4.42. The molecule has 2 heterocycles. The number of hydrogen-bond acceptors (Lipinski definition) is 6. The Kier molecular flexibility index (Phi) is 5.68. The molecule has 27 heavy (non-hydrogen) atoms. The summed E-state index contributed by atoms with van der Waals surface area (Å²) >= 11 is 0. The number of nitrogens with one attached hydrogen (secondary N) is 1. The highest BCUT2D eigenvalue weighted by atomic mass is 16.5. The van der Waals surface area contributed by atoms with Crippen LogP contribution in [-0.4, -0.2) is 43.6 Å². The van der Waals surface area contributed by atoms with Crippen LogP contribution in [0.4, 0.5) is 11.4 Å². The first kappa shape index (κ1) is 18.4. The third-order valence-corrected chi connectivity index (χ3v) is 3.88. The number of nitrogen functional groups attached to an aromatic ring is 1. The molecule has 3 rings (SSSR count). The van der Waals surface area contributed by atoms with Crippen molar-refractivity contribution >= 4 is 29.3 Å². The van der Waals surface area contributed by atoms with E-state index in [0.717, 1.165) is 5.56 Å². The van der Waals surface area contributed by atoms with Crippen molar-refractivity contribution in [1.82, 2.24) is 10.3 Å². The number of pyridine rings is 1. The average Bonchev–Trinajstić information content (AvgIpc) is 2.66. The van der Waals surface area contributed by atoms with E-state index in [1.165, 1.54) is 4.90 Å². The van der Waals surface area contributed by atoms with Crippen molar-refractivity contribution in [3.8, 4) is 5.75 Å². The van der Waals surface area contributed by atoms with Gasteiger partial charge in [0.25, 0.3) is 5.91 Å². The fraction of sp³-hybridized carbons (Fsp3) is 0.211. The van der Waals surface area contributed by atoms with E-state index in [-0.39, 0.29) is 18.2 Å². The Morgan fingerprint density at radius 1 is 1.33 bits per heavy atom. The second-order valence-electron chi connectivity index (χ2n) is 5.85. The minimum absolute atomic E-state index is 0.114. The van der Waals surface area contributed by atoms with Crippen molar-refractivity contribution in [3.05, 3.63) is 54.0 Å². The lowest BCUT2D eigenvalue weighted by Gasteiger charge is -2.30. The fourth-order valence-electron chi connectivity index (χ4n) is 2.59. The molecule has 3 N–H and O–H groups in total. The zero-order valence-corrected chi connectivity index (χ0v) is 14.8. The summed E-state index contributed by atoms with van der Waals surface area (Å²) in [6.45, 7) is 0.590. The summed E-state index contributed by atoms with van der Waals surface area (Å²) in [5.74, 6) is -0.164. The van der Waals surface area contributed by atoms with Gasteiger partial charge in [-0.25, -0.2) is 0 Å². The molecule has 0 radical (unpaired) electrons. The third-order valence-electron chi connectivity index (χ3n) is 3.88. The van der Waals surface area contributed by atoms with E-state index in [4.69, 9.17) is 15.2 Å². The molecule has 2 amide bonds. The van der Waals surface area contributed by atoms with E-state index in [0.29, 0.717) is 30.3 Å². The smallest absolute Gasteiger partial charge is 0.294 e. The Balaban J connectivity index is 1.90. The summed E-state index contributed by atoms with van der Waals surface area (Å²) in [6.07, 6.45) is 4.85. The average molecular weight is 368 g/mol. The standard InChI is InChI=1S/C19H20N4O4/c1-26-9-8-22-18(24)12-23-15-11-14(20)2-3-16(15)27-17(19(23)25)10-13-4-6-21-7-5-13/h2-7,10-11H,8-9,12,20H2,1H3,(H,22,24)/b17-10+. The first-order valence-corrected chi connectivity index (χ1v) is 8.35. The van der Waals surface area contributed by atoms with Gasteiger partial charge in [0.2, 0.25) is 5.91 Å². The number of ether oxygens (including phenoxy) is 2. The van der Waals surface area contributed by atoms with Crippen LogP contribution >= 0.6 is 0 Å². The van der Waals surface area contributed by atoms with E-state index >= 15 is 0 Å². The lowest BCUT2D eigenvalue weighted by molar-refractivity contribution is -0.123. The van der Waals surface area contributed by atoms with Crippen molar-refractivity contribution in [2.75, 3.05) is 37.4 Å². The number of anilines is 2. The van der Waals surface area contributed by atoms with Gasteiger partial charge in [-0.1, -0.05) is 0 Å². The van der Waals surface area contributed by atoms with Crippen LogP contribution in [0.1, 0.15) is 5.56 Å². The summed E-state index contributed by atoms with van der Waals surface area (Å²) < 4.78 is 10.7. The molecule has 1 aliphatic heterocycles. The summed E-state index contributed by atoms with van der Waals surface area (Å²) in [4.78, 5) is 30.5. The SMILES string of the molecule is COCCNC(=O)CN1C(=O)/C(=C\c2ccncc2)Oc2ccc(N)cc21. The highest BCUT2D eigenvalue weighted by Gasteiger charge is 2.31. The summed E-state index contributed by atoms with van der Waals surface area (Å²) in [5, 5.41) is 2.70. The number of carbonyl (C=O) groups is 2. The maximum atomic E-state index is 12.9. The number of fused-ring (bicyclic) bond motifs is 1. The minimum atomic E-state index is -0.424. The van der Waals surface area contributed by atoms with Gasteiger partial charge in [-0.3, -0.25) is 19.5 Å². The van der Waals surface area contributed by atoms with Crippen LogP contribution in [0.15, 0.2) is 48.5 Å². The number of benzene rings is 1. The molecule has 2 aromatic rings. The molecule has 0 fully saturated rings. The number of nitrogens with two attached hydrogens (primary N) is 1. The second-order valence-corrected chi connectivity index (χ2v) is 5.85. The number of nitrogens with zero attached hydrogens (tertiary/aromatic N) is 2. The molecule has 0 spiro atoms. The first-order chi connectivity index (χ1) is 13.1. The highest BCUT2D eigenvalue weighted by molar-refractivity contribution is 6.12. The largest absolute Gasteiger partial charge is 0.449 e. The van der Waals surface area contributed by atoms with Crippen LogP contribution in [0.25, 0.3) is 6.08 Å². The summed E-state index contributed by atoms with van der Waals surface area (Å²) in [5.41, 5.74) is 7.53. The van der Waals surface area contributed by atoms with Crippen molar-refractivity contribution in [2.45, 2.75) is 0 Å². The predicted octanol–water partition coefficient (Wildman–Crippen LogP) is 1.19. The zero-order valence-electron chi connectivity index (χ0n) is 14.8. The van der Waals surface area contributed by atoms with Crippen LogP contribution < -0.4 is 20.7 Å². The molecule has 0 atom stereocenters. The minimum Gasteiger partial charge on any atom is -0.449 e. The molecule has 8 nitrogen and oxygen atoms in total. The van der Waals surface area contributed by atoms with Gasteiger partial charge in [0, 0.05) is 31.7 Å². The predicted molar refractivity (Wildman–Crippen MR) is 101 cm³/mol. The van der Waals surface area contributed by atoms with Gasteiger partial charge in [-0.2, -0.15) is 0 Å². The van der Waals surface area contributed by atoms with Gasteiger partial charge in [0.05, 0.1) is 12.3 Å². The molecule has 1 aromatic carbocycles. The number of aromatic nitrogens is 1. The van der Waals surface area contributed by atoms with Crippen LogP contribution in [-0.2, 0) is 14.3 Å². The molecule has 0 unspecified atom stereocenters. The Morgan fingerprint density at radius 3 is 2.85 bits per heavy atom. The van der Waals surface area contributed by atoms with E-state index in [1.54, 1.807) is 55.9 Å². The van der Waals surface area contributed by atoms with E-state index in [1.807, 2.05) is 0 Å². The van der Waals surface area contributed by atoms with E-state index < -0.39 is 5.91 Å². The topological polar surface area (TPSA) is 107 Å². The van der Waals surface area contributed by atoms with Crippen molar-refractivity contribution in [2.24, 2.45) is 0 Å². The number of methoxy groups -OCH3 is 1. The molecule has 140 valence electrons. The van der Waals surface area contributed by atoms with Gasteiger partial charge in [0.15, 0.2) is 11.5 Å². The lowest BCUT2D eigenvalue weighted by Crippen LogP contribution is -2.44. The molecule has 1 aromatic heterocycles. The molecular weight excluding hydrogens is 348 g/mol. The number of rotatable bonds is 6. The highest BCUT2D eigenvalue weighted by Crippen LogP contribution is 2.37. The quantitative estimate of drug-likeness (QED) is 0.451. The Labute approximate surface area is 156 Å². The Morgan fingerprint density at radius 2 is 2.11 bits per heavy atom. The number of hydrogen-bond donors (Lipinski definition) is 2. The maximum absolute atomic E-state index is 12.9. The fourth-order valence-corrected chi connectivity index (χ4v) is 2.59. The molecule has 0 aliphatic carbocycles. The second kappa shape index (κ2) is 8.33. The molecule has 8 heteroatoms. The van der Waals surface area contributed by atoms with E-state index in [2.05, 4.69) is 10.3 Å². The molecule has 1 aliphatic rings. The molecule has 0 saturated heterocycles. The van der Waals surface area contributed by atoms with Crippen molar-refractivity contribution < 1.29 is 19.1 Å². The maximum Gasteiger partial charge on any atom is 0.294 e. The zero-order chi connectivity index (χ0) is 19.2. The van der Waals surface area contributed by atoms with E-state index in [9.17, 15) is 9.59 Å². The Bertz CT molecular complexity index is 867. The first-order valence-electron chi connectivity index (χ1n) is 8.35. The summed E-state index contributed by atoms with van der Waals surface area (Å²) in [7, 11) is 1.55. The Hall–Kier alpha value is -3.39. The van der Waals surface area contributed by atoms with Gasteiger partial charge >= 0.3 is 0 Å². The van der Waals surface area contributed by atoms with Gasteiger partial charge in [0.1, 0.15) is 6.54 Å². The van der Waals surface area contributed by atoms with Gasteiger partial charge in [-0.15, -0.1) is 0 Å². The number of carbonyl (C=O) groups excluding carboxylic acids is 2. The van der Waals surface area contributed by atoms with Crippen LogP contribution in [0, 0.1) is 0 Å². The summed E-state index contributed by atoms with van der Waals surface area (Å²) in [6, 6.07) is 8.47. The normalized spacial score (nSPS) is 14.6. The lowest BCUT2D eigenvalue weighted by atomic mass is 10.1. The van der Waals surface area contributed by atoms with Crippen molar-refractivity contribution in [1.29, 1.82) is 0 Å². The monoisotopic (exact) mass is 368 g/mol. The van der Waals surface area contributed by atoms with Gasteiger partial charge in [-0.05, 0) is 42.0 Å². The van der Waals surface area contributed by atoms with Gasteiger partial charge < -0.3 is 20.5 Å². The van der Waals surface area contributed by atoms with Crippen LogP contribution in [0.2, 0.25) is 0 Å². The molecule has 0 saturated carbocycles. The van der Waals surface area contributed by atoms with Crippen LogP contribution in [0.3, 0.4) is 0 Å².